The highest BCUT2D eigenvalue weighted by atomic mass is 79.9. The van der Waals surface area contributed by atoms with Crippen LogP contribution in [0.1, 0.15) is 23.2 Å². The number of aryl methyl sites for hydroxylation is 3. The zero-order valence-electron chi connectivity index (χ0n) is 12.1. The molecule has 1 atom stereocenters. The van der Waals surface area contributed by atoms with Crippen LogP contribution in [0.25, 0.3) is 0 Å². The molecule has 0 spiro atoms. The van der Waals surface area contributed by atoms with Gasteiger partial charge in [0.15, 0.2) is 0 Å². The maximum absolute atomic E-state index is 12.5. The zero-order valence-corrected chi connectivity index (χ0v) is 13.6. The van der Waals surface area contributed by atoms with Gasteiger partial charge in [-0.05, 0) is 52.9 Å². The molecule has 1 unspecified atom stereocenters. The Hall–Kier alpha value is -1.69. The lowest BCUT2D eigenvalue weighted by atomic mass is 9.87. The van der Waals surface area contributed by atoms with E-state index in [1.807, 2.05) is 30.9 Å². The molecule has 1 aliphatic carbocycles. The SMILES string of the molecule is Cc1cc(Br)cnc1NC(=O)C1CCc2cnn(C)c2C1. The van der Waals surface area contributed by atoms with E-state index in [2.05, 4.69) is 31.3 Å². The Kier molecular flexibility index (Phi) is 3.80. The number of pyridine rings is 1. The summed E-state index contributed by atoms with van der Waals surface area (Å²) in [6.45, 7) is 1.94. The normalized spacial score (nSPS) is 17.4. The number of anilines is 1. The number of aromatic nitrogens is 3. The van der Waals surface area contributed by atoms with Gasteiger partial charge in [-0.1, -0.05) is 0 Å². The van der Waals surface area contributed by atoms with Crippen LogP contribution in [-0.4, -0.2) is 20.7 Å². The highest BCUT2D eigenvalue weighted by molar-refractivity contribution is 9.10. The molecule has 0 fully saturated rings. The molecule has 3 rings (SSSR count). The van der Waals surface area contributed by atoms with Crippen molar-refractivity contribution in [3.8, 4) is 0 Å². The molecular weight excluding hydrogens is 332 g/mol. The van der Waals surface area contributed by atoms with Gasteiger partial charge in [-0.2, -0.15) is 5.10 Å². The summed E-state index contributed by atoms with van der Waals surface area (Å²) in [5.74, 6) is 0.663. The summed E-state index contributed by atoms with van der Waals surface area (Å²) in [6, 6.07) is 1.95. The molecule has 0 saturated heterocycles. The Labute approximate surface area is 131 Å². The number of fused-ring (bicyclic) bond motifs is 1. The molecule has 0 radical (unpaired) electrons. The first-order valence-corrected chi connectivity index (χ1v) is 7.76. The van der Waals surface area contributed by atoms with Crippen molar-refractivity contribution in [2.45, 2.75) is 26.2 Å². The molecular formula is C15H17BrN4O. The predicted molar refractivity (Wildman–Crippen MR) is 84.0 cm³/mol. The van der Waals surface area contributed by atoms with Gasteiger partial charge >= 0.3 is 0 Å². The van der Waals surface area contributed by atoms with E-state index >= 15 is 0 Å². The lowest BCUT2D eigenvalue weighted by Crippen LogP contribution is -2.29. The lowest BCUT2D eigenvalue weighted by molar-refractivity contribution is -0.120. The molecule has 0 aliphatic heterocycles. The van der Waals surface area contributed by atoms with Crippen molar-refractivity contribution in [1.82, 2.24) is 14.8 Å². The van der Waals surface area contributed by atoms with Gasteiger partial charge in [0.1, 0.15) is 5.82 Å². The Bertz CT molecular complexity index is 695. The average Bonchev–Trinajstić information content (AvgIpc) is 2.83. The van der Waals surface area contributed by atoms with E-state index in [1.165, 1.54) is 11.3 Å². The number of rotatable bonds is 2. The van der Waals surface area contributed by atoms with Crippen molar-refractivity contribution in [2.24, 2.45) is 13.0 Å². The van der Waals surface area contributed by atoms with Gasteiger partial charge in [-0.25, -0.2) is 4.98 Å². The van der Waals surface area contributed by atoms with Crippen LogP contribution in [0.3, 0.4) is 0 Å². The largest absolute Gasteiger partial charge is 0.310 e. The molecule has 5 nitrogen and oxygen atoms in total. The highest BCUT2D eigenvalue weighted by Crippen LogP contribution is 2.26. The van der Waals surface area contributed by atoms with Gasteiger partial charge in [0.2, 0.25) is 5.91 Å². The van der Waals surface area contributed by atoms with E-state index in [0.717, 1.165) is 29.3 Å². The number of nitrogens with zero attached hydrogens (tertiary/aromatic N) is 3. The van der Waals surface area contributed by atoms with E-state index in [-0.39, 0.29) is 11.8 Å². The first-order chi connectivity index (χ1) is 10.0. The van der Waals surface area contributed by atoms with Crippen LogP contribution in [0.15, 0.2) is 22.9 Å². The highest BCUT2D eigenvalue weighted by Gasteiger charge is 2.27. The third-order valence-electron chi connectivity index (χ3n) is 4.01. The average molecular weight is 349 g/mol. The first-order valence-electron chi connectivity index (χ1n) is 6.97. The van der Waals surface area contributed by atoms with Gasteiger partial charge < -0.3 is 5.32 Å². The van der Waals surface area contributed by atoms with Crippen molar-refractivity contribution >= 4 is 27.7 Å². The van der Waals surface area contributed by atoms with E-state index in [0.29, 0.717) is 5.82 Å². The van der Waals surface area contributed by atoms with Crippen LogP contribution in [0, 0.1) is 12.8 Å². The molecule has 0 aromatic carbocycles. The van der Waals surface area contributed by atoms with Gasteiger partial charge in [-0.3, -0.25) is 9.48 Å². The molecule has 110 valence electrons. The third kappa shape index (κ3) is 2.85. The topological polar surface area (TPSA) is 59.8 Å². The molecule has 0 saturated carbocycles. The second kappa shape index (κ2) is 5.60. The summed E-state index contributed by atoms with van der Waals surface area (Å²) in [4.78, 5) is 16.7. The number of halogens is 1. The smallest absolute Gasteiger partial charge is 0.229 e. The monoisotopic (exact) mass is 348 g/mol. The van der Waals surface area contributed by atoms with E-state index < -0.39 is 0 Å². The molecule has 0 bridgehead atoms. The summed E-state index contributed by atoms with van der Waals surface area (Å²) in [5, 5.41) is 7.22. The number of carbonyl (C=O) groups excluding carboxylic acids is 1. The Morgan fingerprint density at radius 1 is 1.48 bits per heavy atom. The maximum Gasteiger partial charge on any atom is 0.229 e. The Morgan fingerprint density at radius 2 is 2.29 bits per heavy atom. The van der Waals surface area contributed by atoms with Gasteiger partial charge in [0, 0.05) is 35.7 Å². The van der Waals surface area contributed by atoms with Crippen molar-refractivity contribution in [3.63, 3.8) is 0 Å². The number of amides is 1. The van der Waals surface area contributed by atoms with Crippen molar-refractivity contribution in [3.05, 3.63) is 39.8 Å². The molecule has 2 aromatic rings. The second-order valence-corrected chi connectivity index (χ2v) is 6.40. The van der Waals surface area contributed by atoms with Crippen molar-refractivity contribution in [1.29, 1.82) is 0 Å². The quantitative estimate of drug-likeness (QED) is 0.907. The summed E-state index contributed by atoms with van der Waals surface area (Å²) >= 11 is 3.38. The second-order valence-electron chi connectivity index (χ2n) is 5.49. The van der Waals surface area contributed by atoms with E-state index in [9.17, 15) is 4.79 Å². The van der Waals surface area contributed by atoms with Crippen LogP contribution < -0.4 is 5.32 Å². The third-order valence-corrected chi connectivity index (χ3v) is 4.44. The van der Waals surface area contributed by atoms with Crippen molar-refractivity contribution < 1.29 is 4.79 Å². The van der Waals surface area contributed by atoms with Crippen LogP contribution in [0.5, 0.6) is 0 Å². The summed E-state index contributed by atoms with van der Waals surface area (Å²) in [6.07, 6.45) is 6.12. The number of hydrogen-bond acceptors (Lipinski definition) is 3. The maximum atomic E-state index is 12.5. The van der Waals surface area contributed by atoms with Crippen LogP contribution in [0.2, 0.25) is 0 Å². The standard InChI is InChI=1S/C15H17BrN4O/c1-9-5-12(16)8-17-14(9)19-15(21)10-3-4-11-7-18-20(2)13(11)6-10/h5,7-8,10H,3-4,6H2,1-2H3,(H,17,19,21). The van der Waals surface area contributed by atoms with Crippen LogP contribution >= 0.6 is 15.9 Å². The van der Waals surface area contributed by atoms with Gasteiger partial charge in [-0.15, -0.1) is 0 Å². The van der Waals surface area contributed by atoms with Gasteiger partial charge in [0.25, 0.3) is 0 Å². The minimum Gasteiger partial charge on any atom is -0.310 e. The van der Waals surface area contributed by atoms with E-state index in [1.54, 1.807) is 6.20 Å². The lowest BCUT2D eigenvalue weighted by Gasteiger charge is -2.22. The van der Waals surface area contributed by atoms with Crippen molar-refractivity contribution in [2.75, 3.05) is 5.32 Å². The van der Waals surface area contributed by atoms with Crippen LogP contribution in [-0.2, 0) is 24.7 Å². The molecule has 2 heterocycles. The predicted octanol–water partition coefficient (Wildman–Crippen LogP) is 2.63. The number of nitrogens with one attached hydrogen (secondary N) is 1. The minimum absolute atomic E-state index is 0.0160. The van der Waals surface area contributed by atoms with Crippen LogP contribution in [0.4, 0.5) is 5.82 Å². The molecule has 1 amide bonds. The first kappa shape index (κ1) is 14.3. The molecule has 1 N–H and O–H groups in total. The molecule has 6 heteroatoms. The van der Waals surface area contributed by atoms with E-state index in [4.69, 9.17) is 0 Å². The Balaban J connectivity index is 1.73. The fourth-order valence-corrected chi connectivity index (χ4v) is 3.21. The fraction of sp³-hybridized carbons (Fsp3) is 0.400. The molecule has 2 aromatic heterocycles. The molecule has 1 aliphatic rings. The summed E-state index contributed by atoms with van der Waals surface area (Å²) in [7, 11) is 1.93. The Morgan fingerprint density at radius 3 is 3.05 bits per heavy atom. The fourth-order valence-electron chi connectivity index (χ4n) is 2.76. The van der Waals surface area contributed by atoms with Gasteiger partial charge in [0.05, 0.1) is 6.20 Å². The minimum atomic E-state index is -0.0160. The number of carbonyl (C=O) groups is 1. The summed E-state index contributed by atoms with van der Waals surface area (Å²) < 4.78 is 2.79. The summed E-state index contributed by atoms with van der Waals surface area (Å²) in [5.41, 5.74) is 3.39. The zero-order chi connectivity index (χ0) is 15.0. The number of hydrogen-bond donors (Lipinski definition) is 1. The molecule has 21 heavy (non-hydrogen) atoms.